The maximum atomic E-state index is 13.3. The summed E-state index contributed by atoms with van der Waals surface area (Å²) >= 11 is 0. The van der Waals surface area contributed by atoms with Gasteiger partial charge in [-0.25, -0.2) is 16.8 Å². The van der Waals surface area contributed by atoms with Gasteiger partial charge in [0.05, 0.1) is 23.0 Å². The molecule has 0 N–H and O–H groups in total. The predicted octanol–water partition coefficient (Wildman–Crippen LogP) is 2.88. The first-order valence-corrected chi connectivity index (χ1v) is 13.5. The van der Waals surface area contributed by atoms with Crippen molar-refractivity contribution in [2.45, 2.75) is 37.0 Å². The molecule has 0 radical (unpaired) electrons. The van der Waals surface area contributed by atoms with Gasteiger partial charge in [-0.2, -0.15) is 8.61 Å². The molecule has 32 heavy (non-hydrogen) atoms. The second kappa shape index (κ2) is 10.2. The highest BCUT2D eigenvalue weighted by molar-refractivity contribution is 7.89. The van der Waals surface area contributed by atoms with Crippen LogP contribution in [-0.2, 0) is 20.0 Å². The molecule has 1 heterocycles. The van der Waals surface area contributed by atoms with E-state index in [4.69, 9.17) is 9.47 Å². The van der Waals surface area contributed by atoms with Crippen LogP contribution < -0.4 is 9.47 Å². The molecule has 0 atom stereocenters. The second-order valence-electron chi connectivity index (χ2n) is 7.45. The zero-order valence-corrected chi connectivity index (χ0v) is 20.3. The van der Waals surface area contributed by atoms with Crippen molar-refractivity contribution < 1.29 is 26.3 Å². The molecule has 8 nitrogen and oxygen atoms in total. The topological polar surface area (TPSA) is 93.2 Å². The molecule has 0 aliphatic carbocycles. The Hall–Kier alpha value is -2.14. The number of hydrogen-bond acceptors (Lipinski definition) is 6. The number of sulfonamides is 2. The first kappa shape index (κ1) is 24.5. The quantitative estimate of drug-likeness (QED) is 0.574. The van der Waals surface area contributed by atoms with Gasteiger partial charge in [0.1, 0.15) is 0 Å². The van der Waals surface area contributed by atoms with Crippen molar-refractivity contribution in [3.8, 4) is 11.5 Å². The fourth-order valence-corrected chi connectivity index (χ4v) is 6.51. The maximum absolute atomic E-state index is 13.3. The Morgan fingerprint density at radius 3 is 1.78 bits per heavy atom. The Labute approximate surface area is 190 Å². The van der Waals surface area contributed by atoms with Crippen molar-refractivity contribution >= 4 is 20.0 Å². The monoisotopic (exact) mass is 482 g/mol. The summed E-state index contributed by atoms with van der Waals surface area (Å²) in [5.41, 5.74) is 0.971. The summed E-state index contributed by atoms with van der Waals surface area (Å²) in [5, 5.41) is 0. The third kappa shape index (κ3) is 5.25. The number of aryl methyl sites for hydroxylation is 1. The Balaban J connectivity index is 1.81. The van der Waals surface area contributed by atoms with E-state index in [1.54, 1.807) is 30.3 Å². The van der Waals surface area contributed by atoms with E-state index in [1.807, 2.05) is 20.8 Å². The summed E-state index contributed by atoms with van der Waals surface area (Å²) in [6.07, 6.45) is 0.402. The van der Waals surface area contributed by atoms with E-state index in [2.05, 4.69) is 0 Å². The molecule has 0 amide bonds. The van der Waals surface area contributed by atoms with Crippen LogP contribution in [0.15, 0.2) is 52.3 Å². The molecule has 0 bridgehead atoms. The smallest absolute Gasteiger partial charge is 0.243 e. The minimum absolute atomic E-state index is 0.0740. The zero-order chi connectivity index (χ0) is 23.4. The van der Waals surface area contributed by atoms with E-state index in [-0.39, 0.29) is 36.0 Å². The van der Waals surface area contributed by atoms with Crippen LogP contribution in [0, 0.1) is 6.92 Å². The minimum Gasteiger partial charge on any atom is -0.490 e. The molecular formula is C22H30N2O6S2. The van der Waals surface area contributed by atoms with Gasteiger partial charge in [0, 0.05) is 32.2 Å². The second-order valence-corrected chi connectivity index (χ2v) is 11.3. The van der Waals surface area contributed by atoms with Crippen molar-refractivity contribution in [1.29, 1.82) is 0 Å². The summed E-state index contributed by atoms with van der Waals surface area (Å²) in [4.78, 5) is 0.312. The molecule has 1 fully saturated rings. The van der Waals surface area contributed by atoms with Crippen molar-refractivity contribution in [1.82, 2.24) is 8.61 Å². The SMILES string of the molecule is CCOc1ccc(S(=O)(=O)N2CCCN(S(=O)(=O)c3ccc(C)cc3)CC2)cc1OCC. The third-order valence-electron chi connectivity index (χ3n) is 5.23. The first-order chi connectivity index (χ1) is 15.2. The molecule has 176 valence electrons. The van der Waals surface area contributed by atoms with Gasteiger partial charge in [-0.05, 0) is 51.5 Å². The number of ether oxygens (including phenoxy) is 2. The van der Waals surface area contributed by atoms with Crippen molar-refractivity contribution in [3.05, 3.63) is 48.0 Å². The van der Waals surface area contributed by atoms with E-state index in [0.29, 0.717) is 31.1 Å². The standard InChI is InChI=1S/C22H30N2O6S2/c1-4-29-21-12-11-20(17-22(21)30-5-2)32(27,28)24-14-6-13-23(15-16-24)31(25,26)19-9-7-18(3)8-10-19/h7-12,17H,4-6,13-16H2,1-3H3. The third-order valence-corrected chi connectivity index (χ3v) is 9.03. The van der Waals surface area contributed by atoms with Gasteiger partial charge in [-0.15, -0.1) is 0 Å². The molecular weight excluding hydrogens is 452 g/mol. The summed E-state index contributed by atoms with van der Waals surface area (Å²) in [7, 11) is -7.51. The normalized spacial score (nSPS) is 16.5. The van der Waals surface area contributed by atoms with Gasteiger partial charge in [0.15, 0.2) is 11.5 Å². The van der Waals surface area contributed by atoms with Gasteiger partial charge in [0.2, 0.25) is 20.0 Å². The lowest BCUT2D eigenvalue weighted by atomic mass is 10.2. The fourth-order valence-electron chi connectivity index (χ4n) is 3.55. The lowest BCUT2D eigenvalue weighted by Gasteiger charge is -2.22. The number of nitrogens with zero attached hydrogens (tertiary/aromatic N) is 2. The summed E-state index contributed by atoms with van der Waals surface area (Å²) < 4.78 is 66.4. The molecule has 0 unspecified atom stereocenters. The molecule has 10 heteroatoms. The van der Waals surface area contributed by atoms with Gasteiger partial charge < -0.3 is 9.47 Å². The number of rotatable bonds is 8. The summed E-state index contributed by atoms with van der Waals surface area (Å²) in [6.45, 7) is 7.01. The fraction of sp³-hybridized carbons (Fsp3) is 0.455. The van der Waals surface area contributed by atoms with Gasteiger partial charge >= 0.3 is 0 Å². The van der Waals surface area contributed by atoms with Crippen LogP contribution in [0.5, 0.6) is 11.5 Å². The lowest BCUT2D eigenvalue weighted by molar-refractivity contribution is 0.287. The maximum Gasteiger partial charge on any atom is 0.243 e. The van der Waals surface area contributed by atoms with Gasteiger partial charge in [-0.3, -0.25) is 0 Å². The number of hydrogen-bond donors (Lipinski definition) is 0. The van der Waals surface area contributed by atoms with E-state index < -0.39 is 20.0 Å². The molecule has 2 aromatic carbocycles. The van der Waals surface area contributed by atoms with E-state index in [1.165, 1.54) is 20.7 Å². The van der Waals surface area contributed by atoms with Gasteiger partial charge in [-0.1, -0.05) is 17.7 Å². The van der Waals surface area contributed by atoms with Crippen LogP contribution in [-0.4, -0.2) is 64.8 Å². The van der Waals surface area contributed by atoms with Crippen molar-refractivity contribution in [2.24, 2.45) is 0 Å². The number of benzene rings is 2. The highest BCUT2D eigenvalue weighted by Crippen LogP contribution is 2.32. The van der Waals surface area contributed by atoms with E-state index in [9.17, 15) is 16.8 Å². The molecule has 0 saturated carbocycles. The Bertz CT molecular complexity index is 1130. The Morgan fingerprint density at radius 2 is 1.22 bits per heavy atom. The highest BCUT2D eigenvalue weighted by Gasteiger charge is 2.32. The van der Waals surface area contributed by atoms with E-state index in [0.717, 1.165) is 5.56 Å². The lowest BCUT2D eigenvalue weighted by Crippen LogP contribution is -2.37. The van der Waals surface area contributed by atoms with Crippen LogP contribution in [0.4, 0.5) is 0 Å². The first-order valence-electron chi connectivity index (χ1n) is 10.7. The van der Waals surface area contributed by atoms with E-state index >= 15 is 0 Å². The predicted molar refractivity (Wildman–Crippen MR) is 122 cm³/mol. The zero-order valence-electron chi connectivity index (χ0n) is 18.7. The molecule has 1 saturated heterocycles. The van der Waals surface area contributed by atoms with Crippen LogP contribution in [0.1, 0.15) is 25.8 Å². The Kier molecular flexibility index (Phi) is 7.81. The summed E-state index contributed by atoms with van der Waals surface area (Å²) in [5.74, 6) is 0.855. The van der Waals surface area contributed by atoms with Crippen LogP contribution in [0.2, 0.25) is 0 Å². The average Bonchev–Trinajstić information content (AvgIpc) is 3.03. The molecule has 3 rings (SSSR count). The summed E-state index contributed by atoms with van der Waals surface area (Å²) in [6, 6.07) is 11.2. The van der Waals surface area contributed by atoms with Crippen molar-refractivity contribution in [2.75, 3.05) is 39.4 Å². The highest BCUT2D eigenvalue weighted by atomic mass is 32.2. The molecule has 1 aliphatic rings. The van der Waals surface area contributed by atoms with Crippen LogP contribution in [0.25, 0.3) is 0 Å². The Morgan fingerprint density at radius 1 is 0.719 bits per heavy atom. The minimum atomic E-state index is -3.82. The van der Waals surface area contributed by atoms with Crippen LogP contribution >= 0.6 is 0 Å². The van der Waals surface area contributed by atoms with Crippen molar-refractivity contribution in [3.63, 3.8) is 0 Å². The average molecular weight is 483 g/mol. The molecule has 1 aliphatic heterocycles. The van der Waals surface area contributed by atoms with Gasteiger partial charge in [0.25, 0.3) is 0 Å². The molecule has 0 spiro atoms. The largest absolute Gasteiger partial charge is 0.490 e. The molecule has 0 aromatic heterocycles. The molecule has 2 aromatic rings. The van der Waals surface area contributed by atoms with Crippen LogP contribution in [0.3, 0.4) is 0 Å².